The summed E-state index contributed by atoms with van der Waals surface area (Å²) in [5, 5.41) is -0.808. The molecule has 1 saturated carbocycles. The highest BCUT2D eigenvalue weighted by molar-refractivity contribution is 8.31. The van der Waals surface area contributed by atoms with Crippen LogP contribution >= 0.6 is 0 Å². The molecular formula is C19H28N2O4S2. The van der Waals surface area contributed by atoms with Crippen LogP contribution in [0, 0.1) is 0 Å². The van der Waals surface area contributed by atoms with Gasteiger partial charge in [0.05, 0.1) is 10.1 Å². The van der Waals surface area contributed by atoms with Crippen LogP contribution in [0.3, 0.4) is 0 Å². The molecule has 0 spiro atoms. The summed E-state index contributed by atoms with van der Waals surface area (Å²) in [6.07, 6.45) is 5.05. The third-order valence-electron chi connectivity index (χ3n) is 5.41. The summed E-state index contributed by atoms with van der Waals surface area (Å²) in [5.74, 6) is 0. The first-order valence-corrected chi connectivity index (χ1v) is 12.6. The fourth-order valence-electron chi connectivity index (χ4n) is 4.01. The molecule has 0 unspecified atom stereocenters. The molecule has 27 heavy (non-hydrogen) atoms. The zero-order chi connectivity index (χ0) is 20.2. The molecular weight excluding hydrogens is 384 g/mol. The van der Waals surface area contributed by atoms with Gasteiger partial charge in [0.25, 0.3) is 19.7 Å². The summed E-state index contributed by atoms with van der Waals surface area (Å²) in [6.45, 7) is 5.79. The van der Waals surface area contributed by atoms with Crippen molar-refractivity contribution in [3.63, 3.8) is 0 Å². The molecule has 2 rings (SSSR count). The van der Waals surface area contributed by atoms with Crippen molar-refractivity contribution in [1.29, 1.82) is 0 Å². The number of aryl methyl sites for hydroxylation is 1. The first-order chi connectivity index (χ1) is 12.7. The van der Waals surface area contributed by atoms with Gasteiger partial charge in [0, 0.05) is 0 Å². The fourth-order valence-corrected chi connectivity index (χ4v) is 8.40. The fraction of sp³-hybridized carbons (Fsp3) is 0.632. The summed E-state index contributed by atoms with van der Waals surface area (Å²) in [5.41, 5.74) is 12.0. The maximum atomic E-state index is 13.2. The molecule has 0 atom stereocenters. The van der Waals surface area contributed by atoms with Gasteiger partial charge in [0.15, 0.2) is 0 Å². The highest BCUT2D eigenvalue weighted by Gasteiger charge is 2.48. The van der Waals surface area contributed by atoms with Crippen molar-refractivity contribution in [2.24, 2.45) is 0 Å². The van der Waals surface area contributed by atoms with Gasteiger partial charge in [0.2, 0.25) is 0 Å². The van der Waals surface area contributed by atoms with Gasteiger partial charge in [-0.2, -0.15) is 0 Å². The van der Waals surface area contributed by atoms with Gasteiger partial charge in [-0.15, -0.1) is 4.79 Å². The van der Waals surface area contributed by atoms with E-state index in [4.69, 9.17) is 0 Å². The zero-order valence-corrected chi connectivity index (χ0v) is 17.9. The Kier molecular flexibility index (Phi) is 7.00. The minimum atomic E-state index is -4.45. The van der Waals surface area contributed by atoms with Crippen LogP contribution in [-0.2, 0) is 38.9 Å². The normalized spacial score (nSPS) is 16.1. The predicted molar refractivity (Wildman–Crippen MR) is 106 cm³/mol. The summed E-state index contributed by atoms with van der Waals surface area (Å²) >= 11 is 0. The third kappa shape index (κ3) is 4.03. The van der Waals surface area contributed by atoms with Crippen molar-refractivity contribution in [2.45, 2.75) is 82.3 Å². The summed E-state index contributed by atoms with van der Waals surface area (Å²) in [4.78, 5) is 2.73. The maximum absolute atomic E-state index is 13.2. The minimum absolute atomic E-state index is 0.0637. The van der Waals surface area contributed by atoms with Crippen LogP contribution in [0.5, 0.6) is 0 Å². The van der Waals surface area contributed by atoms with Crippen molar-refractivity contribution in [1.82, 2.24) is 0 Å². The first-order valence-electron chi connectivity index (χ1n) is 9.60. The van der Waals surface area contributed by atoms with Gasteiger partial charge >= 0.3 is 4.38 Å². The molecule has 0 heterocycles. The number of benzene rings is 1. The lowest BCUT2D eigenvalue weighted by Gasteiger charge is -2.20. The molecule has 0 aliphatic heterocycles. The van der Waals surface area contributed by atoms with E-state index in [0.29, 0.717) is 31.2 Å². The Bertz CT molecular complexity index is 954. The Morgan fingerprint density at radius 2 is 1.56 bits per heavy atom. The zero-order valence-electron chi connectivity index (χ0n) is 16.2. The van der Waals surface area contributed by atoms with E-state index in [9.17, 15) is 22.4 Å². The predicted octanol–water partition coefficient (Wildman–Crippen LogP) is 3.48. The Morgan fingerprint density at radius 3 is 2.04 bits per heavy atom. The second kappa shape index (κ2) is 8.67. The van der Waals surface area contributed by atoms with Gasteiger partial charge in [-0.25, -0.2) is 16.8 Å². The second-order valence-corrected chi connectivity index (χ2v) is 11.2. The van der Waals surface area contributed by atoms with Gasteiger partial charge in [-0.3, -0.25) is 0 Å². The molecule has 8 heteroatoms. The molecule has 1 aromatic carbocycles. The van der Waals surface area contributed by atoms with E-state index in [1.54, 1.807) is 6.07 Å². The van der Waals surface area contributed by atoms with Crippen molar-refractivity contribution >= 4 is 24.1 Å². The average Bonchev–Trinajstić information content (AvgIpc) is 2.67. The Hall–Kier alpha value is -1.50. The molecule has 0 radical (unpaired) electrons. The van der Waals surface area contributed by atoms with Crippen LogP contribution in [0.4, 0.5) is 0 Å². The number of sulfone groups is 2. The summed E-state index contributed by atoms with van der Waals surface area (Å²) in [6, 6.07) is 3.18. The van der Waals surface area contributed by atoms with Crippen LogP contribution in [0.2, 0.25) is 0 Å². The summed E-state index contributed by atoms with van der Waals surface area (Å²) < 4.78 is 51.2. The first kappa shape index (κ1) is 21.8. The summed E-state index contributed by atoms with van der Waals surface area (Å²) in [7, 11) is -8.67. The molecule has 0 saturated heterocycles. The van der Waals surface area contributed by atoms with Gasteiger partial charge < -0.3 is 5.53 Å². The smallest absolute Gasteiger partial charge is 0.359 e. The molecule has 0 amide bonds. The lowest BCUT2D eigenvalue weighted by Crippen LogP contribution is -2.36. The van der Waals surface area contributed by atoms with Crippen LogP contribution in [-0.4, -0.2) is 31.3 Å². The molecule has 0 bridgehead atoms. The largest absolute Gasteiger partial charge is 0.499 e. The Labute approximate surface area is 162 Å². The highest BCUT2D eigenvalue weighted by Crippen LogP contribution is 2.30. The molecule has 6 nitrogen and oxygen atoms in total. The van der Waals surface area contributed by atoms with Gasteiger partial charge in [0.1, 0.15) is 0 Å². The Balaban J connectivity index is 2.65. The molecule has 0 N–H and O–H groups in total. The van der Waals surface area contributed by atoms with Crippen molar-refractivity contribution < 1.29 is 21.6 Å². The van der Waals surface area contributed by atoms with Crippen LogP contribution in [0.1, 0.15) is 69.6 Å². The Morgan fingerprint density at radius 1 is 0.963 bits per heavy atom. The number of nitrogens with zero attached hydrogens (tertiary/aromatic N) is 2. The lowest BCUT2D eigenvalue weighted by atomic mass is 9.96. The average molecular weight is 413 g/mol. The molecule has 1 aliphatic carbocycles. The number of rotatable bonds is 5. The standard InChI is InChI=1S/C19H28N2O4S2/c1-4-14-12-13-18(17(6-3)16(14)5-2)27(24,25)19(21-20)26(22,23)15-10-8-7-9-11-15/h12-13,15H,4-11H2,1-3H3. The van der Waals surface area contributed by atoms with Gasteiger partial charge in [-0.05, 0) is 54.9 Å². The third-order valence-corrected chi connectivity index (χ3v) is 10.2. The molecule has 1 aromatic rings. The number of hydrogen-bond acceptors (Lipinski definition) is 4. The highest BCUT2D eigenvalue weighted by atomic mass is 32.3. The SMILES string of the molecule is CCc1ccc(S(=O)(=O)C(=[N+]=[N-])S(=O)(=O)C2CCCCC2)c(CC)c1CC. The van der Waals surface area contributed by atoms with Crippen LogP contribution < -0.4 is 0 Å². The molecule has 150 valence electrons. The topological polar surface area (TPSA) is 105 Å². The monoisotopic (exact) mass is 412 g/mol. The van der Waals surface area contributed by atoms with E-state index in [1.807, 2.05) is 20.8 Å². The maximum Gasteiger partial charge on any atom is 0.499 e. The number of hydrogen-bond donors (Lipinski definition) is 0. The van der Waals surface area contributed by atoms with Crippen LogP contribution in [0.15, 0.2) is 17.0 Å². The van der Waals surface area contributed by atoms with Gasteiger partial charge in [-0.1, -0.05) is 46.1 Å². The van der Waals surface area contributed by atoms with E-state index >= 15 is 0 Å². The molecule has 1 aliphatic rings. The van der Waals surface area contributed by atoms with Crippen molar-refractivity contribution in [3.05, 3.63) is 34.4 Å². The minimum Gasteiger partial charge on any atom is -0.359 e. The van der Waals surface area contributed by atoms with E-state index in [-0.39, 0.29) is 4.90 Å². The quantitative estimate of drug-likeness (QED) is 0.319. The lowest BCUT2D eigenvalue weighted by molar-refractivity contribution is 0.00369. The van der Waals surface area contributed by atoms with Crippen molar-refractivity contribution in [3.8, 4) is 0 Å². The van der Waals surface area contributed by atoms with E-state index in [0.717, 1.165) is 36.8 Å². The van der Waals surface area contributed by atoms with E-state index in [1.165, 1.54) is 6.07 Å². The molecule has 1 fully saturated rings. The van der Waals surface area contributed by atoms with Crippen LogP contribution in [0.25, 0.3) is 5.53 Å². The second-order valence-electron chi connectivity index (χ2n) is 6.91. The van der Waals surface area contributed by atoms with E-state index < -0.39 is 29.3 Å². The van der Waals surface area contributed by atoms with E-state index in [2.05, 4.69) is 4.79 Å². The molecule has 0 aromatic heterocycles. The van der Waals surface area contributed by atoms with Crippen molar-refractivity contribution in [2.75, 3.05) is 0 Å².